The normalized spacial score (nSPS) is 16.4. The Hall–Kier alpha value is -2.03. The van der Waals surface area contributed by atoms with Crippen LogP contribution in [0.25, 0.3) is 0 Å². The number of amides is 1. The minimum Gasteiger partial charge on any atom is -0.354 e. The van der Waals surface area contributed by atoms with Crippen LogP contribution in [-0.2, 0) is 11.0 Å². The number of aromatic nitrogens is 1. The molecule has 0 spiro atoms. The number of nitrogens with zero attached hydrogens (tertiary/aromatic N) is 3. The van der Waals surface area contributed by atoms with E-state index in [0.29, 0.717) is 42.0 Å². The predicted octanol–water partition coefficient (Wildman–Crippen LogP) is 4.41. The molecule has 1 fully saturated rings. The molecule has 3 rings (SSSR count). The number of halogens is 5. The Labute approximate surface area is 182 Å². The summed E-state index contributed by atoms with van der Waals surface area (Å²) >= 11 is 12.1. The number of hydrogen-bond acceptors (Lipinski definition) is 4. The molecule has 1 aliphatic heterocycles. The third-order valence-electron chi connectivity index (χ3n) is 4.95. The number of benzene rings is 1. The quantitative estimate of drug-likeness (QED) is 0.717. The van der Waals surface area contributed by atoms with Crippen molar-refractivity contribution in [2.24, 2.45) is 0 Å². The van der Waals surface area contributed by atoms with Gasteiger partial charge in [-0.15, -0.1) is 0 Å². The number of piperazine rings is 1. The van der Waals surface area contributed by atoms with Gasteiger partial charge in [0.1, 0.15) is 5.82 Å². The van der Waals surface area contributed by atoms with E-state index in [1.165, 1.54) is 6.07 Å². The van der Waals surface area contributed by atoms with Crippen molar-refractivity contribution >= 4 is 34.9 Å². The van der Waals surface area contributed by atoms with Gasteiger partial charge in [-0.3, -0.25) is 9.69 Å². The average Bonchev–Trinajstić information content (AvgIpc) is 2.68. The largest absolute Gasteiger partial charge is 0.417 e. The summed E-state index contributed by atoms with van der Waals surface area (Å²) in [5, 5.41) is 3.95. The Morgan fingerprint density at radius 2 is 1.87 bits per heavy atom. The highest BCUT2D eigenvalue weighted by Gasteiger charge is 2.31. The second-order valence-electron chi connectivity index (χ2n) is 7.12. The summed E-state index contributed by atoms with van der Waals surface area (Å²) in [6.07, 6.45) is -3.55. The summed E-state index contributed by atoms with van der Waals surface area (Å²) in [6, 6.07) is 7.29. The Morgan fingerprint density at radius 1 is 1.17 bits per heavy atom. The Balaban J connectivity index is 1.49. The first-order valence-electron chi connectivity index (χ1n) is 9.38. The second kappa shape index (κ2) is 9.41. The molecule has 5 nitrogen and oxygen atoms in total. The van der Waals surface area contributed by atoms with Crippen LogP contribution < -0.4 is 10.2 Å². The fraction of sp³-hybridized carbons (Fsp3) is 0.400. The lowest BCUT2D eigenvalue weighted by molar-refractivity contribution is -0.137. The molecule has 30 heavy (non-hydrogen) atoms. The Kier molecular flexibility index (Phi) is 7.10. The highest BCUT2D eigenvalue weighted by molar-refractivity contribution is 6.35. The van der Waals surface area contributed by atoms with E-state index >= 15 is 0 Å². The molecule has 1 N–H and O–H groups in total. The first kappa shape index (κ1) is 22.7. The van der Waals surface area contributed by atoms with E-state index < -0.39 is 11.7 Å². The fourth-order valence-corrected chi connectivity index (χ4v) is 3.87. The van der Waals surface area contributed by atoms with Gasteiger partial charge in [-0.2, -0.15) is 13.2 Å². The van der Waals surface area contributed by atoms with Crippen LogP contribution in [0.4, 0.5) is 19.0 Å². The van der Waals surface area contributed by atoms with Crippen molar-refractivity contribution in [1.82, 2.24) is 15.2 Å². The van der Waals surface area contributed by atoms with Crippen molar-refractivity contribution in [1.29, 1.82) is 0 Å². The van der Waals surface area contributed by atoms with Crippen molar-refractivity contribution in [3.8, 4) is 0 Å². The van der Waals surface area contributed by atoms with Gasteiger partial charge in [0, 0.05) is 42.4 Å². The molecule has 1 aromatic heterocycles. The topological polar surface area (TPSA) is 48.5 Å². The minimum absolute atomic E-state index is 0.130. The van der Waals surface area contributed by atoms with Crippen LogP contribution >= 0.6 is 23.2 Å². The monoisotopic (exact) mass is 460 g/mol. The van der Waals surface area contributed by atoms with Crippen molar-refractivity contribution in [3.63, 3.8) is 0 Å². The number of hydrogen-bond donors (Lipinski definition) is 1. The predicted molar refractivity (Wildman–Crippen MR) is 111 cm³/mol. The molecule has 1 aliphatic rings. The van der Waals surface area contributed by atoms with Gasteiger partial charge < -0.3 is 10.2 Å². The van der Waals surface area contributed by atoms with Gasteiger partial charge in [-0.25, -0.2) is 4.98 Å². The zero-order chi connectivity index (χ0) is 21.9. The number of pyridine rings is 1. The summed E-state index contributed by atoms with van der Waals surface area (Å²) in [5.74, 6) is 0.368. The molecule has 1 aromatic carbocycles. The molecule has 2 aromatic rings. The lowest BCUT2D eigenvalue weighted by atomic mass is 10.1. The number of anilines is 1. The van der Waals surface area contributed by atoms with E-state index in [0.717, 1.165) is 17.8 Å². The molecule has 1 saturated heterocycles. The molecule has 1 unspecified atom stereocenters. The summed E-state index contributed by atoms with van der Waals surface area (Å²) in [6.45, 7) is 4.43. The molecule has 0 bridgehead atoms. The van der Waals surface area contributed by atoms with Crippen LogP contribution in [0.1, 0.15) is 24.1 Å². The van der Waals surface area contributed by atoms with Gasteiger partial charge in [0.25, 0.3) is 0 Å². The second-order valence-corrected chi connectivity index (χ2v) is 7.96. The maximum atomic E-state index is 12.7. The molecular weight excluding hydrogens is 440 g/mol. The maximum Gasteiger partial charge on any atom is 0.417 e. The molecule has 1 amide bonds. The highest BCUT2D eigenvalue weighted by atomic mass is 35.5. The van der Waals surface area contributed by atoms with Gasteiger partial charge in [0.15, 0.2) is 0 Å². The molecule has 0 radical (unpaired) electrons. The Bertz CT molecular complexity index is 885. The zero-order valence-corrected chi connectivity index (χ0v) is 17.7. The van der Waals surface area contributed by atoms with Crippen molar-refractivity contribution in [3.05, 3.63) is 57.7 Å². The molecule has 0 saturated carbocycles. The molecule has 162 valence electrons. The average molecular weight is 461 g/mol. The van der Waals surface area contributed by atoms with Crippen molar-refractivity contribution in [2.45, 2.75) is 19.1 Å². The lowest BCUT2D eigenvalue weighted by Crippen LogP contribution is -2.50. The number of alkyl halides is 3. The van der Waals surface area contributed by atoms with Crippen LogP contribution in [-0.4, -0.2) is 48.5 Å². The van der Waals surface area contributed by atoms with Crippen LogP contribution in [0.5, 0.6) is 0 Å². The van der Waals surface area contributed by atoms with Gasteiger partial charge in [-0.05, 0) is 36.8 Å². The summed E-state index contributed by atoms with van der Waals surface area (Å²) in [5.41, 5.74) is 0.0177. The third-order valence-corrected chi connectivity index (χ3v) is 5.51. The molecule has 10 heteroatoms. The highest BCUT2D eigenvalue weighted by Crippen LogP contribution is 2.29. The van der Waals surface area contributed by atoms with E-state index in [4.69, 9.17) is 23.2 Å². The van der Waals surface area contributed by atoms with Crippen LogP contribution in [0, 0.1) is 0 Å². The smallest absolute Gasteiger partial charge is 0.354 e. The van der Waals surface area contributed by atoms with Crippen molar-refractivity contribution in [2.75, 3.05) is 37.6 Å². The van der Waals surface area contributed by atoms with Gasteiger partial charge in [-0.1, -0.05) is 29.3 Å². The van der Waals surface area contributed by atoms with Crippen LogP contribution in [0.15, 0.2) is 36.5 Å². The van der Waals surface area contributed by atoms with E-state index in [-0.39, 0.29) is 18.5 Å². The first-order valence-corrected chi connectivity index (χ1v) is 10.1. The Morgan fingerprint density at radius 3 is 2.43 bits per heavy atom. The fourth-order valence-electron chi connectivity index (χ4n) is 3.30. The third kappa shape index (κ3) is 5.77. The van der Waals surface area contributed by atoms with Gasteiger partial charge in [0.05, 0.1) is 18.2 Å². The zero-order valence-electron chi connectivity index (χ0n) is 16.2. The van der Waals surface area contributed by atoms with E-state index in [2.05, 4.69) is 10.3 Å². The van der Waals surface area contributed by atoms with E-state index in [9.17, 15) is 18.0 Å². The SMILES string of the molecule is CC(NC(=O)CN1CCN(c2ccc(C(F)(F)F)cn2)CC1)c1ccc(Cl)cc1Cl. The maximum absolute atomic E-state index is 12.7. The summed E-state index contributed by atoms with van der Waals surface area (Å²) < 4.78 is 38.0. The van der Waals surface area contributed by atoms with Crippen LogP contribution in [0.3, 0.4) is 0 Å². The number of carbonyl (C=O) groups excluding carboxylic acids is 1. The van der Waals surface area contributed by atoms with E-state index in [1.54, 1.807) is 18.2 Å². The van der Waals surface area contributed by atoms with Crippen LogP contribution in [0.2, 0.25) is 10.0 Å². The summed E-state index contributed by atoms with van der Waals surface area (Å²) in [4.78, 5) is 20.2. The van der Waals surface area contributed by atoms with E-state index in [1.807, 2.05) is 16.7 Å². The summed E-state index contributed by atoms with van der Waals surface area (Å²) in [7, 11) is 0. The molecule has 1 atom stereocenters. The lowest BCUT2D eigenvalue weighted by Gasteiger charge is -2.35. The first-order chi connectivity index (χ1) is 14.1. The van der Waals surface area contributed by atoms with Gasteiger partial charge >= 0.3 is 6.18 Å². The van der Waals surface area contributed by atoms with Crippen molar-refractivity contribution < 1.29 is 18.0 Å². The number of rotatable bonds is 5. The molecule has 0 aliphatic carbocycles. The van der Waals surface area contributed by atoms with Gasteiger partial charge in [0.2, 0.25) is 5.91 Å². The molecule has 2 heterocycles. The number of carbonyl (C=O) groups is 1. The number of nitrogens with one attached hydrogen (secondary N) is 1. The molecular formula is C20H21Cl2F3N4O. The minimum atomic E-state index is -4.40. The standard InChI is InChI=1S/C20H21Cl2F3N4O/c1-13(16-4-3-15(21)10-17(16)22)27-19(30)12-28-6-8-29(9-7-28)18-5-2-14(11-26-18)20(23,24)25/h2-5,10-11,13H,6-9,12H2,1H3,(H,27,30).